The summed E-state index contributed by atoms with van der Waals surface area (Å²) >= 11 is 0. The molecule has 1 aromatic rings. The van der Waals surface area contributed by atoms with E-state index >= 15 is 0 Å². The first-order valence-electron chi connectivity index (χ1n) is 6.04. The molecule has 1 aromatic carbocycles. The fourth-order valence-electron chi connectivity index (χ4n) is 1.50. The van der Waals surface area contributed by atoms with Crippen LogP contribution in [0.1, 0.15) is 31.1 Å². The van der Waals surface area contributed by atoms with Crippen molar-refractivity contribution in [3.63, 3.8) is 0 Å². The summed E-state index contributed by atoms with van der Waals surface area (Å²) < 4.78 is 4.75. The number of aliphatic imine (C=N–C) groups is 1. The molecule has 0 aromatic heterocycles. The predicted octanol–water partition coefficient (Wildman–Crippen LogP) is 3.27. The van der Waals surface area contributed by atoms with Crippen LogP contribution in [-0.2, 0) is 4.74 Å². The van der Waals surface area contributed by atoms with Crippen molar-refractivity contribution in [3.8, 4) is 0 Å². The molecule has 0 aliphatic rings. The molecule has 0 heterocycles. The number of carbonyl (C=O) groups is 1. The van der Waals surface area contributed by atoms with E-state index in [1.54, 1.807) is 24.3 Å². The van der Waals surface area contributed by atoms with E-state index < -0.39 is 0 Å². The molecular weight excluding hydrogens is 240 g/mol. The number of hydrogen-bond donors (Lipinski definition) is 1. The van der Waals surface area contributed by atoms with Crippen molar-refractivity contribution in [1.82, 2.24) is 0 Å². The molecule has 0 aliphatic heterocycles. The van der Waals surface area contributed by atoms with Crippen LogP contribution < -0.4 is 5.32 Å². The Kier molecular flexibility index (Phi) is 4.87. The first-order valence-corrected chi connectivity index (χ1v) is 6.04. The molecule has 0 amide bonds. The molecule has 0 aliphatic carbocycles. The van der Waals surface area contributed by atoms with E-state index in [2.05, 4.69) is 16.9 Å². The fourth-order valence-corrected chi connectivity index (χ4v) is 1.50. The molecule has 1 rings (SSSR count). The summed E-state index contributed by atoms with van der Waals surface area (Å²) in [6.45, 7) is 9.70. The summed E-state index contributed by atoms with van der Waals surface area (Å²) in [6.07, 6.45) is 1.62. The fraction of sp³-hybridized carbons (Fsp3) is 0.333. The zero-order valence-corrected chi connectivity index (χ0v) is 11.9. The molecule has 4 heteroatoms. The molecule has 0 unspecified atom stereocenters. The number of nitrogens with zero attached hydrogens (tertiary/aromatic N) is 1. The van der Waals surface area contributed by atoms with Crippen molar-refractivity contribution in [2.45, 2.75) is 26.3 Å². The Labute approximate surface area is 114 Å². The van der Waals surface area contributed by atoms with Gasteiger partial charge in [0.1, 0.15) is 5.84 Å². The Balaban J connectivity index is 3.08. The number of anilines is 1. The number of methoxy groups -OCH3 is 1. The van der Waals surface area contributed by atoms with Crippen LogP contribution in [-0.4, -0.2) is 24.5 Å². The van der Waals surface area contributed by atoms with Gasteiger partial charge in [0, 0.05) is 0 Å². The SMILES string of the molecule is C=CC(=NC(C)(C)C)Nc1ccccc1C(=O)OC. The molecule has 0 atom stereocenters. The van der Waals surface area contributed by atoms with E-state index in [-0.39, 0.29) is 11.5 Å². The number of rotatable bonds is 3. The third-order valence-corrected chi connectivity index (χ3v) is 2.24. The van der Waals surface area contributed by atoms with Gasteiger partial charge in [-0.3, -0.25) is 4.99 Å². The lowest BCUT2D eigenvalue weighted by Crippen LogP contribution is -2.19. The molecule has 1 N–H and O–H groups in total. The number of benzene rings is 1. The third-order valence-electron chi connectivity index (χ3n) is 2.24. The van der Waals surface area contributed by atoms with Crippen LogP contribution in [0.5, 0.6) is 0 Å². The number of hydrogen-bond acceptors (Lipinski definition) is 3. The third kappa shape index (κ3) is 4.58. The van der Waals surface area contributed by atoms with E-state index in [1.165, 1.54) is 7.11 Å². The highest BCUT2D eigenvalue weighted by Gasteiger charge is 2.13. The maximum Gasteiger partial charge on any atom is 0.339 e. The van der Waals surface area contributed by atoms with E-state index in [1.807, 2.05) is 26.8 Å². The molecule has 0 bridgehead atoms. The van der Waals surface area contributed by atoms with Crippen LogP contribution in [0.3, 0.4) is 0 Å². The number of amidine groups is 1. The van der Waals surface area contributed by atoms with Gasteiger partial charge in [-0.25, -0.2) is 4.79 Å². The highest BCUT2D eigenvalue weighted by Crippen LogP contribution is 2.17. The second-order valence-electron chi connectivity index (χ2n) is 5.03. The maximum atomic E-state index is 11.7. The first-order chi connectivity index (χ1) is 8.87. The van der Waals surface area contributed by atoms with Gasteiger partial charge in [0.2, 0.25) is 0 Å². The van der Waals surface area contributed by atoms with Gasteiger partial charge in [-0.15, -0.1) is 0 Å². The molecular formula is C15H20N2O2. The Morgan fingerprint density at radius 3 is 2.53 bits per heavy atom. The van der Waals surface area contributed by atoms with Gasteiger partial charge in [-0.05, 0) is 39.0 Å². The van der Waals surface area contributed by atoms with Crippen LogP contribution in [0.4, 0.5) is 5.69 Å². The Bertz CT molecular complexity index is 499. The number of ether oxygens (including phenoxy) is 1. The molecule has 0 spiro atoms. The number of para-hydroxylation sites is 1. The molecule has 102 valence electrons. The maximum absolute atomic E-state index is 11.7. The molecule has 0 saturated carbocycles. The smallest absolute Gasteiger partial charge is 0.339 e. The van der Waals surface area contributed by atoms with Gasteiger partial charge in [0.15, 0.2) is 0 Å². The minimum Gasteiger partial charge on any atom is -0.465 e. The van der Waals surface area contributed by atoms with Crippen molar-refractivity contribution in [3.05, 3.63) is 42.5 Å². The lowest BCUT2D eigenvalue weighted by atomic mass is 10.1. The normalized spacial score (nSPS) is 11.9. The second-order valence-corrected chi connectivity index (χ2v) is 5.03. The predicted molar refractivity (Wildman–Crippen MR) is 78.8 cm³/mol. The highest BCUT2D eigenvalue weighted by atomic mass is 16.5. The summed E-state index contributed by atoms with van der Waals surface area (Å²) in [5.41, 5.74) is 0.891. The minimum atomic E-state index is -0.387. The number of carbonyl (C=O) groups excluding carboxylic acids is 1. The van der Waals surface area contributed by atoms with Crippen molar-refractivity contribution in [2.75, 3.05) is 12.4 Å². The largest absolute Gasteiger partial charge is 0.465 e. The van der Waals surface area contributed by atoms with E-state index in [0.29, 0.717) is 17.1 Å². The van der Waals surface area contributed by atoms with Crippen LogP contribution in [0.15, 0.2) is 41.9 Å². The second kappa shape index (κ2) is 6.18. The Hall–Kier alpha value is -2.10. The lowest BCUT2D eigenvalue weighted by Gasteiger charge is -2.16. The Morgan fingerprint density at radius 1 is 1.37 bits per heavy atom. The van der Waals surface area contributed by atoms with E-state index in [9.17, 15) is 4.79 Å². The van der Waals surface area contributed by atoms with Crippen LogP contribution >= 0.6 is 0 Å². The summed E-state index contributed by atoms with van der Waals surface area (Å²) in [5, 5.41) is 3.10. The van der Waals surface area contributed by atoms with Crippen molar-refractivity contribution < 1.29 is 9.53 Å². The average Bonchev–Trinajstić information content (AvgIpc) is 2.36. The minimum absolute atomic E-state index is 0.225. The van der Waals surface area contributed by atoms with Crippen molar-refractivity contribution in [2.24, 2.45) is 4.99 Å². The van der Waals surface area contributed by atoms with Crippen LogP contribution in [0.25, 0.3) is 0 Å². The van der Waals surface area contributed by atoms with E-state index in [4.69, 9.17) is 4.74 Å². The average molecular weight is 260 g/mol. The summed E-state index contributed by atoms with van der Waals surface area (Å²) in [5.74, 6) is 0.228. The zero-order chi connectivity index (χ0) is 14.5. The van der Waals surface area contributed by atoms with Gasteiger partial charge in [-0.1, -0.05) is 18.7 Å². The molecule has 0 radical (unpaired) electrons. The topological polar surface area (TPSA) is 50.7 Å². The number of esters is 1. The monoisotopic (exact) mass is 260 g/mol. The van der Waals surface area contributed by atoms with Gasteiger partial charge in [-0.2, -0.15) is 0 Å². The lowest BCUT2D eigenvalue weighted by molar-refractivity contribution is 0.0602. The number of nitrogens with one attached hydrogen (secondary N) is 1. The summed E-state index contributed by atoms with van der Waals surface area (Å²) in [4.78, 5) is 16.1. The summed E-state index contributed by atoms with van der Waals surface area (Å²) in [7, 11) is 1.36. The van der Waals surface area contributed by atoms with Gasteiger partial charge in [0.05, 0.1) is 23.9 Å². The first kappa shape index (κ1) is 15.0. The highest BCUT2D eigenvalue weighted by molar-refractivity contribution is 6.07. The van der Waals surface area contributed by atoms with Crippen molar-refractivity contribution in [1.29, 1.82) is 0 Å². The molecule has 0 fully saturated rings. The van der Waals surface area contributed by atoms with Gasteiger partial charge >= 0.3 is 5.97 Å². The molecule has 0 saturated heterocycles. The van der Waals surface area contributed by atoms with E-state index in [0.717, 1.165) is 0 Å². The zero-order valence-electron chi connectivity index (χ0n) is 11.9. The van der Waals surface area contributed by atoms with Gasteiger partial charge in [0.25, 0.3) is 0 Å². The standard InChI is InChI=1S/C15H20N2O2/c1-6-13(17-15(2,3)4)16-12-10-8-7-9-11(12)14(18)19-5/h6-10H,1H2,2-5H3,(H,16,17). The van der Waals surface area contributed by atoms with Gasteiger partial charge < -0.3 is 10.1 Å². The van der Waals surface area contributed by atoms with Crippen LogP contribution in [0, 0.1) is 0 Å². The van der Waals surface area contributed by atoms with Crippen molar-refractivity contribution >= 4 is 17.5 Å². The Morgan fingerprint density at radius 2 is 2.00 bits per heavy atom. The summed E-state index contributed by atoms with van der Waals surface area (Å²) in [6, 6.07) is 7.12. The van der Waals surface area contributed by atoms with Crippen LogP contribution in [0.2, 0.25) is 0 Å². The quantitative estimate of drug-likeness (QED) is 0.515. The molecule has 19 heavy (non-hydrogen) atoms. The molecule has 4 nitrogen and oxygen atoms in total.